The summed E-state index contributed by atoms with van der Waals surface area (Å²) in [5.41, 5.74) is 0. The molecule has 0 aromatic carbocycles. The molecule has 2 aromatic rings. The molecule has 0 aliphatic carbocycles. The second-order valence-electron chi connectivity index (χ2n) is 3.08. The van der Waals surface area contributed by atoms with Crippen LogP contribution in [0.15, 0.2) is 58.8 Å². The Morgan fingerprint density at radius 2 is 1.10 bits per heavy atom. The molecule has 0 N–H and O–H groups in total. The summed E-state index contributed by atoms with van der Waals surface area (Å²) < 4.78 is 26.8. The van der Waals surface area contributed by atoms with Gasteiger partial charge in [0.25, 0.3) is 10.1 Å². The average molecular weight is 359 g/mol. The summed E-state index contributed by atoms with van der Waals surface area (Å²) >= 11 is 0. The molecule has 7 nitrogen and oxygen atoms in total. The van der Waals surface area contributed by atoms with Gasteiger partial charge in [0.05, 0.1) is 10.8 Å². The van der Waals surface area contributed by atoms with E-state index in [1.807, 2.05) is 0 Å². The maximum Gasteiger partial charge on any atom is 1.00 e. The summed E-state index contributed by atoms with van der Waals surface area (Å²) in [6, 6.07) is 10.3. The molecule has 0 fully saturated rings. The van der Waals surface area contributed by atoms with Gasteiger partial charge in [-0.2, -0.15) is 9.46 Å². The van der Waals surface area contributed by atoms with Crippen LogP contribution in [0.25, 0.3) is 0 Å². The van der Waals surface area contributed by atoms with E-state index in [2.05, 4.69) is 0 Å². The maximum absolute atomic E-state index is 11.3. The topological polar surface area (TPSA) is 123 Å². The van der Waals surface area contributed by atoms with Crippen molar-refractivity contribution in [3.05, 3.63) is 59.2 Å². The Morgan fingerprint density at radius 3 is 1.38 bits per heavy atom. The van der Waals surface area contributed by atoms with E-state index in [4.69, 9.17) is 14.0 Å². The fourth-order valence-electron chi connectivity index (χ4n) is 1.04. The zero-order valence-corrected chi connectivity index (χ0v) is 15.1. The molecule has 0 saturated carbocycles. The predicted molar refractivity (Wildman–Crippen MR) is 62.5 cm³/mol. The molecule has 0 aliphatic rings. The van der Waals surface area contributed by atoms with Crippen molar-refractivity contribution in [1.29, 1.82) is 0 Å². The van der Waals surface area contributed by atoms with Crippen molar-refractivity contribution in [2.75, 3.05) is 0 Å². The number of hydrogen-bond acceptors (Lipinski definition) is 7. The largest absolute Gasteiger partial charge is 1.00 e. The van der Waals surface area contributed by atoms with E-state index in [-0.39, 0.29) is 29.6 Å². The molecule has 0 saturated heterocycles. The van der Waals surface area contributed by atoms with Gasteiger partial charge in [0.1, 0.15) is 0 Å². The van der Waals surface area contributed by atoms with Gasteiger partial charge >= 0.3 is 29.6 Å². The molecule has 0 amide bonds. The SMILES string of the molecule is [Na+].[O-][Cl+2]([O-])[O-].[O-][n+]1ccccc1SSc1cccc[n+]1[O-]. The van der Waals surface area contributed by atoms with Crippen molar-refractivity contribution in [2.45, 2.75) is 10.1 Å². The Hall–Kier alpha value is -0.230. The standard InChI is InChI=1S/C10H8N2O2S2.ClO3.Na/c13-11-7-3-1-5-9(11)15-16-10-6-2-4-8-12(10)14;2-1(3)4;/h1-8H;;/q;-1;+1. The second-order valence-corrected chi connectivity index (χ2v) is 5.63. The van der Waals surface area contributed by atoms with Gasteiger partial charge in [-0.3, -0.25) is 0 Å². The molecule has 11 heteroatoms. The van der Waals surface area contributed by atoms with Gasteiger partial charge in [0.2, 0.25) is 0 Å². The summed E-state index contributed by atoms with van der Waals surface area (Å²) in [4.78, 5) is 0. The third-order valence-electron chi connectivity index (χ3n) is 1.79. The smallest absolute Gasteiger partial charge is 0.618 e. The minimum atomic E-state index is -2.85. The van der Waals surface area contributed by atoms with Crippen LogP contribution in [-0.2, 0) is 0 Å². The molecule has 0 aliphatic heterocycles. The molecule has 2 aromatic heterocycles. The Bertz CT molecular complexity index is 504. The predicted octanol–water partition coefficient (Wildman–Crippen LogP) is -4.81. The molecule has 0 unspecified atom stereocenters. The van der Waals surface area contributed by atoms with Crippen LogP contribution in [0, 0.1) is 21.2 Å². The Morgan fingerprint density at radius 1 is 0.762 bits per heavy atom. The van der Waals surface area contributed by atoms with Gasteiger partial charge in [-0.25, -0.2) is 0 Å². The summed E-state index contributed by atoms with van der Waals surface area (Å²) in [7, 11) is -0.331. The van der Waals surface area contributed by atoms with Crippen molar-refractivity contribution in [3.8, 4) is 0 Å². The van der Waals surface area contributed by atoms with Gasteiger partial charge < -0.3 is 24.4 Å². The normalized spacial score (nSPS) is 9.52. The average Bonchev–Trinajstić information content (AvgIpc) is 2.39. The van der Waals surface area contributed by atoms with Gasteiger partial charge in [0, 0.05) is 45.9 Å². The van der Waals surface area contributed by atoms with Crippen molar-refractivity contribution >= 4 is 21.6 Å². The number of hydrogen-bond donors (Lipinski definition) is 0. The zero-order chi connectivity index (χ0) is 15.0. The fraction of sp³-hybridized carbons (Fsp3) is 0. The van der Waals surface area contributed by atoms with Crippen LogP contribution in [0.3, 0.4) is 0 Å². The molecule has 0 atom stereocenters. The van der Waals surface area contributed by atoms with E-state index in [9.17, 15) is 10.4 Å². The summed E-state index contributed by atoms with van der Waals surface area (Å²) in [6.45, 7) is 0. The van der Waals surface area contributed by atoms with Crippen molar-refractivity contribution in [3.63, 3.8) is 0 Å². The van der Waals surface area contributed by atoms with Gasteiger partial charge in [0.15, 0.2) is 12.4 Å². The van der Waals surface area contributed by atoms with Crippen molar-refractivity contribution in [2.24, 2.45) is 0 Å². The summed E-state index contributed by atoms with van der Waals surface area (Å²) in [6.07, 6.45) is 2.86. The fourth-order valence-corrected chi connectivity index (χ4v) is 3.03. The second kappa shape index (κ2) is 11.4. The Balaban J connectivity index is 0.000000715. The third kappa shape index (κ3) is 8.71. The molecule has 21 heavy (non-hydrogen) atoms. The van der Waals surface area contributed by atoms with Crippen LogP contribution in [0.4, 0.5) is 0 Å². The van der Waals surface area contributed by atoms with E-state index in [1.54, 1.807) is 36.4 Å². The monoisotopic (exact) mass is 358 g/mol. The van der Waals surface area contributed by atoms with Crippen LogP contribution in [0.5, 0.6) is 0 Å². The minimum absolute atomic E-state index is 0. The molecule has 108 valence electrons. The van der Waals surface area contributed by atoms with Crippen LogP contribution >= 0.6 is 21.6 Å². The number of halogens is 1. The number of aromatic nitrogens is 2. The molecule has 0 spiro atoms. The quantitative estimate of drug-likeness (QED) is 0.233. The van der Waals surface area contributed by atoms with Crippen molar-refractivity contribution < 1.29 is 63.8 Å². The zero-order valence-electron chi connectivity index (χ0n) is 10.7. The van der Waals surface area contributed by atoms with E-state index in [0.29, 0.717) is 10.1 Å². The molecule has 0 radical (unpaired) electrons. The van der Waals surface area contributed by atoms with Gasteiger partial charge in [-0.05, 0) is 12.1 Å². The number of rotatable bonds is 3. The first-order valence-electron chi connectivity index (χ1n) is 4.94. The number of pyridine rings is 2. The Labute approximate surface area is 153 Å². The van der Waals surface area contributed by atoms with E-state index in [0.717, 1.165) is 9.46 Å². The van der Waals surface area contributed by atoms with Crippen LogP contribution in [-0.4, -0.2) is 0 Å². The van der Waals surface area contributed by atoms with Crippen LogP contribution in [0.1, 0.15) is 0 Å². The van der Waals surface area contributed by atoms with E-state index in [1.165, 1.54) is 34.0 Å². The van der Waals surface area contributed by atoms with Gasteiger partial charge in [-0.15, -0.1) is 0 Å². The first-order chi connectivity index (χ1) is 9.50. The first kappa shape index (κ1) is 20.8. The maximum atomic E-state index is 11.3. The van der Waals surface area contributed by atoms with E-state index < -0.39 is 10.8 Å². The Kier molecular flexibility index (Phi) is 11.2. The van der Waals surface area contributed by atoms with Crippen LogP contribution < -0.4 is 53.0 Å². The minimum Gasteiger partial charge on any atom is -0.618 e. The summed E-state index contributed by atoms with van der Waals surface area (Å²) in [5, 5.41) is 23.8. The molecular formula is C10H8ClN2NaO5S2. The molecule has 2 heterocycles. The van der Waals surface area contributed by atoms with Crippen LogP contribution in [0.2, 0.25) is 0 Å². The van der Waals surface area contributed by atoms with Crippen molar-refractivity contribution in [1.82, 2.24) is 0 Å². The van der Waals surface area contributed by atoms with Gasteiger partial charge in [-0.1, -0.05) is 0 Å². The summed E-state index contributed by atoms with van der Waals surface area (Å²) in [5.74, 6) is 0. The third-order valence-corrected chi connectivity index (χ3v) is 4.12. The molecule has 0 bridgehead atoms. The first-order valence-corrected chi connectivity index (χ1v) is 8.02. The molecular weight excluding hydrogens is 351 g/mol. The van der Waals surface area contributed by atoms with E-state index >= 15 is 0 Å². The molecule has 2 rings (SSSR count). The number of nitrogens with zero attached hydrogens (tertiary/aromatic N) is 2.